The Bertz CT molecular complexity index is 239. The van der Waals surface area contributed by atoms with Crippen LogP contribution in [0.2, 0.25) is 0 Å². The summed E-state index contributed by atoms with van der Waals surface area (Å²) in [5.74, 6) is 0.990. The molecule has 0 saturated carbocycles. The molecule has 1 aromatic rings. The van der Waals surface area contributed by atoms with Crippen molar-refractivity contribution < 1.29 is 4.74 Å². The molecule has 0 spiro atoms. The molecule has 5 nitrogen and oxygen atoms in total. The molecule has 0 fully saturated rings. The van der Waals surface area contributed by atoms with Crippen LogP contribution < -0.4 is 0 Å². The zero-order valence-corrected chi connectivity index (χ0v) is 7.82. The summed E-state index contributed by atoms with van der Waals surface area (Å²) < 4.78 is 6.70. The minimum atomic E-state index is 0.0930. The molecule has 1 heterocycles. The van der Waals surface area contributed by atoms with E-state index >= 15 is 0 Å². The molecule has 0 aromatic carbocycles. The predicted octanol–water partition coefficient (Wildman–Crippen LogP) is 0.447. The SMILES string of the molecule is COC(C)Cn1nnnc1CCl. The molecule has 0 bridgehead atoms. The van der Waals surface area contributed by atoms with E-state index in [2.05, 4.69) is 15.5 Å². The Kier molecular flexibility index (Phi) is 3.43. The van der Waals surface area contributed by atoms with Crippen LogP contribution in [0.3, 0.4) is 0 Å². The van der Waals surface area contributed by atoms with Gasteiger partial charge in [-0.1, -0.05) is 0 Å². The average Bonchev–Trinajstić information content (AvgIpc) is 2.51. The number of halogens is 1. The van der Waals surface area contributed by atoms with Crippen molar-refractivity contribution in [2.24, 2.45) is 0 Å². The standard InChI is InChI=1S/C6H11ClN4O/c1-5(12-2)4-11-6(3-7)8-9-10-11/h5H,3-4H2,1-2H3. The zero-order valence-electron chi connectivity index (χ0n) is 7.07. The van der Waals surface area contributed by atoms with Crippen LogP contribution in [0.4, 0.5) is 0 Å². The van der Waals surface area contributed by atoms with E-state index < -0.39 is 0 Å². The van der Waals surface area contributed by atoms with Crippen molar-refractivity contribution in [3.63, 3.8) is 0 Å². The van der Waals surface area contributed by atoms with Crippen LogP contribution in [0.5, 0.6) is 0 Å². The van der Waals surface area contributed by atoms with Crippen molar-refractivity contribution in [1.29, 1.82) is 0 Å². The van der Waals surface area contributed by atoms with Crippen molar-refractivity contribution in [3.05, 3.63) is 5.82 Å². The first-order valence-corrected chi connectivity index (χ1v) is 4.15. The van der Waals surface area contributed by atoms with E-state index in [9.17, 15) is 0 Å². The van der Waals surface area contributed by atoms with Crippen molar-refractivity contribution in [2.45, 2.75) is 25.5 Å². The number of nitrogens with zero attached hydrogens (tertiary/aromatic N) is 4. The highest BCUT2D eigenvalue weighted by molar-refractivity contribution is 6.16. The lowest BCUT2D eigenvalue weighted by Gasteiger charge is -2.08. The summed E-state index contributed by atoms with van der Waals surface area (Å²) in [5.41, 5.74) is 0. The highest BCUT2D eigenvalue weighted by atomic mass is 35.5. The Morgan fingerprint density at radius 1 is 1.67 bits per heavy atom. The number of methoxy groups -OCH3 is 1. The summed E-state index contributed by atoms with van der Waals surface area (Å²) in [4.78, 5) is 0. The van der Waals surface area contributed by atoms with Crippen molar-refractivity contribution in [2.75, 3.05) is 7.11 Å². The molecule has 1 unspecified atom stereocenters. The highest BCUT2D eigenvalue weighted by Crippen LogP contribution is 1.99. The maximum atomic E-state index is 5.60. The van der Waals surface area contributed by atoms with Gasteiger partial charge in [0.05, 0.1) is 18.5 Å². The summed E-state index contributed by atoms with van der Waals surface area (Å²) in [6, 6.07) is 0. The second-order valence-corrected chi connectivity index (χ2v) is 2.72. The fraction of sp³-hybridized carbons (Fsp3) is 0.833. The second-order valence-electron chi connectivity index (χ2n) is 2.46. The first kappa shape index (κ1) is 9.41. The number of hydrogen-bond donors (Lipinski definition) is 0. The predicted molar refractivity (Wildman–Crippen MR) is 43.8 cm³/mol. The van der Waals surface area contributed by atoms with E-state index in [1.54, 1.807) is 11.8 Å². The first-order valence-electron chi connectivity index (χ1n) is 3.61. The number of rotatable bonds is 4. The van der Waals surface area contributed by atoms with Gasteiger partial charge in [-0.05, 0) is 17.4 Å². The summed E-state index contributed by atoms with van der Waals surface area (Å²) in [5, 5.41) is 11.0. The third-order valence-corrected chi connectivity index (χ3v) is 1.80. The van der Waals surface area contributed by atoms with Crippen molar-refractivity contribution >= 4 is 11.6 Å². The normalized spacial score (nSPS) is 13.2. The van der Waals surface area contributed by atoms with Crippen molar-refractivity contribution in [3.8, 4) is 0 Å². The molecule has 0 radical (unpaired) electrons. The van der Waals surface area contributed by atoms with Crippen LogP contribution in [0.15, 0.2) is 0 Å². The molecule has 0 aliphatic rings. The number of alkyl halides is 1. The molecule has 0 N–H and O–H groups in total. The van der Waals surface area contributed by atoms with Gasteiger partial charge in [0.15, 0.2) is 5.82 Å². The maximum absolute atomic E-state index is 5.60. The third kappa shape index (κ3) is 2.15. The summed E-state index contributed by atoms with van der Waals surface area (Å²) >= 11 is 5.60. The van der Waals surface area contributed by atoms with Gasteiger partial charge in [0, 0.05) is 7.11 Å². The van der Waals surface area contributed by atoms with E-state index in [1.807, 2.05) is 6.92 Å². The third-order valence-electron chi connectivity index (χ3n) is 1.56. The quantitative estimate of drug-likeness (QED) is 0.647. The Balaban J connectivity index is 2.61. The topological polar surface area (TPSA) is 52.8 Å². The lowest BCUT2D eigenvalue weighted by molar-refractivity contribution is 0.0985. The number of ether oxygens (including phenoxy) is 1. The van der Waals surface area contributed by atoms with Crippen LogP contribution >= 0.6 is 11.6 Å². The van der Waals surface area contributed by atoms with Gasteiger partial charge in [-0.25, -0.2) is 4.68 Å². The fourth-order valence-electron chi connectivity index (χ4n) is 0.779. The minimum absolute atomic E-state index is 0.0930. The van der Waals surface area contributed by atoms with Gasteiger partial charge >= 0.3 is 0 Å². The van der Waals surface area contributed by atoms with E-state index in [1.165, 1.54) is 0 Å². The molecule has 0 aliphatic heterocycles. The van der Waals surface area contributed by atoms with E-state index in [0.29, 0.717) is 18.2 Å². The van der Waals surface area contributed by atoms with E-state index in [0.717, 1.165) is 0 Å². The smallest absolute Gasteiger partial charge is 0.166 e. The maximum Gasteiger partial charge on any atom is 0.166 e. The Morgan fingerprint density at radius 2 is 2.42 bits per heavy atom. The minimum Gasteiger partial charge on any atom is -0.380 e. The van der Waals surface area contributed by atoms with E-state index in [4.69, 9.17) is 16.3 Å². The molecular formula is C6H11ClN4O. The summed E-state index contributed by atoms with van der Waals surface area (Å²) in [6.45, 7) is 2.57. The molecule has 12 heavy (non-hydrogen) atoms. The van der Waals surface area contributed by atoms with Gasteiger partial charge in [-0.3, -0.25) is 0 Å². The van der Waals surface area contributed by atoms with Crippen LogP contribution in [-0.4, -0.2) is 33.4 Å². The fourth-order valence-corrected chi connectivity index (χ4v) is 0.970. The summed E-state index contributed by atoms with van der Waals surface area (Å²) in [6.07, 6.45) is 0.0930. The van der Waals surface area contributed by atoms with Gasteiger partial charge in [-0.15, -0.1) is 16.7 Å². The molecule has 1 atom stereocenters. The Hall–Kier alpha value is -0.680. The molecular weight excluding hydrogens is 180 g/mol. The second kappa shape index (κ2) is 4.37. The van der Waals surface area contributed by atoms with Crippen molar-refractivity contribution in [1.82, 2.24) is 20.2 Å². The van der Waals surface area contributed by atoms with Crippen LogP contribution in [0.25, 0.3) is 0 Å². The lowest BCUT2D eigenvalue weighted by Crippen LogP contribution is -2.17. The molecule has 1 aromatic heterocycles. The van der Waals surface area contributed by atoms with Gasteiger partial charge in [0.1, 0.15) is 0 Å². The molecule has 0 amide bonds. The van der Waals surface area contributed by atoms with Crippen LogP contribution in [0.1, 0.15) is 12.7 Å². The number of tetrazole rings is 1. The summed E-state index contributed by atoms with van der Waals surface area (Å²) in [7, 11) is 1.65. The van der Waals surface area contributed by atoms with Gasteiger partial charge < -0.3 is 4.74 Å². The Morgan fingerprint density at radius 3 is 3.00 bits per heavy atom. The van der Waals surface area contributed by atoms with Gasteiger partial charge in [0.25, 0.3) is 0 Å². The molecule has 6 heteroatoms. The average molecular weight is 191 g/mol. The molecule has 68 valence electrons. The number of aromatic nitrogens is 4. The molecule has 0 aliphatic carbocycles. The van der Waals surface area contributed by atoms with Gasteiger partial charge in [-0.2, -0.15) is 0 Å². The van der Waals surface area contributed by atoms with Crippen LogP contribution in [-0.2, 0) is 17.2 Å². The van der Waals surface area contributed by atoms with Gasteiger partial charge in [0.2, 0.25) is 0 Å². The number of hydrogen-bond acceptors (Lipinski definition) is 4. The highest BCUT2D eigenvalue weighted by Gasteiger charge is 2.07. The monoisotopic (exact) mass is 190 g/mol. The van der Waals surface area contributed by atoms with E-state index in [-0.39, 0.29) is 6.10 Å². The zero-order chi connectivity index (χ0) is 8.97. The molecule has 0 saturated heterocycles. The Labute approximate surface area is 75.7 Å². The molecule has 1 rings (SSSR count). The first-order chi connectivity index (χ1) is 5.77. The largest absolute Gasteiger partial charge is 0.380 e. The van der Waals surface area contributed by atoms with Crippen LogP contribution in [0, 0.1) is 0 Å². The lowest BCUT2D eigenvalue weighted by atomic mass is 10.4.